The SMILES string of the molecule is CCC(O)c1nc(CC[C@H]2CCCO2)n(-c2ccc(OC)cc2)n1. The highest BCUT2D eigenvalue weighted by atomic mass is 16.5. The van der Waals surface area contributed by atoms with E-state index in [2.05, 4.69) is 10.1 Å². The zero-order valence-electron chi connectivity index (χ0n) is 14.3. The van der Waals surface area contributed by atoms with Crippen LogP contribution in [0.15, 0.2) is 24.3 Å². The molecular weight excluding hydrogens is 306 g/mol. The summed E-state index contributed by atoms with van der Waals surface area (Å²) in [6.07, 6.45) is 4.22. The van der Waals surface area contributed by atoms with Crippen LogP contribution in [0.25, 0.3) is 5.69 Å². The molecule has 1 aliphatic heterocycles. The second-order valence-corrected chi connectivity index (χ2v) is 6.09. The first-order valence-corrected chi connectivity index (χ1v) is 8.61. The summed E-state index contributed by atoms with van der Waals surface area (Å²) in [7, 11) is 1.65. The van der Waals surface area contributed by atoms with Crippen molar-refractivity contribution in [3.05, 3.63) is 35.9 Å². The number of aliphatic hydroxyl groups excluding tert-OH is 1. The van der Waals surface area contributed by atoms with Gasteiger partial charge in [0.15, 0.2) is 5.82 Å². The van der Waals surface area contributed by atoms with E-state index in [1.54, 1.807) is 7.11 Å². The first-order valence-electron chi connectivity index (χ1n) is 8.61. The summed E-state index contributed by atoms with van der Waals surface area (Å²) in [6.45, 7) is 2.78. The van der Waals surface area contributed by atoms with Crippen molar-refractivity contribution in [3.63, 3.8) is 0 Å². The molecule has 1 N–H and O–H groups in total. The van der Waals surface area contributed by atoms with Crippen molar-refractivity contribution in [2.45, 2.75) is 51.2 Å². The normalized spacial score (nSPS) is 18.7. The quantitative estimate of drug-likeness (QED) is 0.845. The van der Waals surface area contributed by atoms with E-state index in [-0.39, 0.29) is 0 Å². The Bertz CT molecular complexity index is 648. The maximum Gasteiger partial charge on any atom is 0.179 e. The summed E-state index contributed by atoms with van der Waals surface area (Å²) >= 11 is 0. The number of nitrogens with zero attached hydrogens (tertiary/aromatic N) is 3. The van der Waals surface area contributed by atoms with E-state index in [4.69, 9.17) is 9.47 Å². The number of methoxy groups -OCH3 is 1. The van der Waals surface area contributed by atoms with Gasteiger partial charge in [-0.1, -0.05) is 6.92 Å². The van der Waals surface area contributed by atoms with Crippen LogP contribution in [0, 0.1) is 0 Å². The van der Waals surface area contributed by atoms with Crippen LogP contribution in [0.5, 0.6) is 5.75 Å². The molecule has 6 nitrogen and oxygen atoms in total. The average molecular weight is 331 g/mol. The van der Waals surface area contributed by atoms with Crippen LogP contribution in [0.2, 0.25) is 0 Å². The molecule has 1 aromatic heterocycles. The summed E-state index contributed by atoms with van der Waals surface area (Å²) in [5.41, 5.74) is 0.917. The molecule has 2 aromatic rings. The number of rotatable bonds is 7. The zero-order valence-corrected chi connectivity index (χ0v) is 14.3. The van der Waals surface area contributed by atoms with Gasteiger partial charge in [0.2, 0.25) is 0 Å². The molecule has 6 heteroatoms. The van der Waals surface area contributed by atoms with E-state index < -0.39 is 6.10 Å². The Hall–Kier alpha value is -1.92. The van der Waals surface area contributed by atoms with Gasteiger partial charge in [0.1, 0.15) is 17.7 Å². The second-order valence-electron chi connectivity index (χ2n) is 6.09. The molecule has 1 saturated heterocycles. The van der Waals surface area contributed by atoms with Gasteiger partial charge in [0.25, 0.3) is 0 Å². The van der Waals surface area contributed by atoms with E-state index in [0.717, 1.165) is 49.6 Å². The van der Waals surface area contributed by atoms with E-state index in [0.29, 0.717) is 18.3 Å². The predicted octanol–water partition coefficient (Wildman–Crippen LogP) is 2.83. The summed E-state index contributed by atoms with van der Waals surface area (Å²) < 4.78 is 12.7. The van der Waals surface area contributed by atoms with Crippen LogP contribution in [0.1, 0.15) is 50.4 Å². The molecule has 0 spiro atoms. The van der Waals surface area contributed by atoms with Crippen LogP contribution < -0.4 is 4.74 Å². The Morgan fingerprint density at radius 3 is 2.79 bits per heavy atom. The predicted molar refractivity (Wildman–Crippen MR) is 90.5 cm³/mol. The third kappa shape index (κ3) is 3.76. The largest absolute Gasteiger partial charge is 0.497 e. The molecule has 1 unspecified atom stereocenters. The lowest BCUT2D eigenvalue weighted by atomic mass is 10.1. The lowest BCUT2D eigenvalue weighted by molar-refractivity contribution is 0.104. The lowest BCUT2D eigenvalue weighted by Crippen LogP contribution is -2.10. The van der Waals surface area contributed by atoms with Gasteiger partial charge in [-0.3, -0.25) is 0 Å². The number of aromatic nitrogens is 3. The Kier molecular flexibility index (Phi) is 5.48. The third-order valence-electron chi connectivity index (χ3n) is 4.41. The van der Waals surface area contributed by atoms with Crippen LogP contribution in [0.4, 0.5) is 0 Å². The van der Waals surface area contributed by atoms with Crippen LogP contribution in [0.3, 0.4) is 0 Å². The summed E-state index contributed by atoms with van der Waals surface area (Å²) in [6, 6.07) is 7.70. The summed E-state index contributed by atoms with van der Waals surface area (Å²) in [4.78, 5) is 4.58. The second kappa shape index (κ2) is 7.77. The molecule has 130 valence electrons. The Labute approximate surface area is 142 Å². The molecule has 1 aromatic carbocycles. The van der Waals surface area contributed by atoms with Gasteiger partial charge in [-0.25, -0.2) is 9.67 Å². The van der Waals surface area contributed by atoms with Crippen molar-refractivity contribution in [1.29, 1.82) is 0 Å². The van der Waals surface area contributed by atoms with E-state index in [1.807, 2.05) is 35.9 Å². The highest BCUT2D eigenvalue weighted by Crippen LogP contribution is 2.22. The molecule has 0 bridgehead atoms. The minimum Gasteiger partial charge on any atom is -0.497 e. The van der Waals surface area contributed by atoms with Gasteiger partial charge in [-0.05, 0) is 49.9 Å². The zero-order chi connectivity index (χ0) is 16.9. The van der Waals surface area contributed by atoms with Gasteiger partial charge < -0.3 is 14.6 Å². The van der Waals surface area contributed by atoms with Gasteiger partial charge in [-0.2, -0.15) is 0 Å². The van der Waals surface area contributed by atoms with Crippen molar-refractivity contribution in [1.82, 2.24) is 14.8 Å². The molecule has 3 rings (SSSR count). The molecule has 2 heterocycles. The van der Waals surface area contributed by atoms with E-state index in [9.17, 15) is 5.11 Å². The van der Waals surface area contributed by atoms with Gasteiger partial charge in [0, 0.05) is 13.0 Å². The first kappa shape index (κ1) is 16.9. The van der Waals surface area contributed by atoms with Crippen molar-refractivity contribution in [3.8, 4) is 11.4 Å². The molecule has 0 radical (unpaired) electrons. The van der Waals surface area contributed by atoms with Crippen molar-refractivity contribution < 1.29 is 14.6 Å². The highest BCUT2D eigenvalue weighted by Gasteiger charge is 2.20. The minimum atomic E-state index is -0.633. The fourth-order valence-electron chi connectivity index (χ4n) is 2.94. The molecule has 1 aliphatic rings. The summed E-state index contributed by atoms with van der Waals surface area (Å²) in [5, 5.41) is 14.6. The Balaban J connectivity index is 1.84. The van der Waals surface area contributed by atoms with Gasteiger partial charge >= 0.3 is 0 Å². The number of aryl methyl sites for hydroxylation is 1. The van der Waals surface area contributed by atoms with Crippen molar-refractivity contribution >= 4 is 0 Å². The lowest BCUT2D eigenvalue weighted by Gasteiger charge is -2.10. The average Bonchev–Trinajstić information content (AvgIpc) is 3.29. The standard InChI is InChI=1S/C18H25N3O3/c1-3-16(22)18-19-17(11-10-15-5-4-12-24-15)21(20-18)13-6-8-14(23-2)9-7-13/h6-9,15-16,22H,3-5,10-12H2,1-2H3/t15-,16?/m1/s1. The smallest absolute Gasteiger partial charge is 0.179 e. The molecule has 0 aliphatic carbocycles. The molecule has 24 heavy (non-hydrogen) atoms. The number of ether oxygens (including phenoxy) is 2. The maximum atomic E-state index is 10.1. The molecule has 2 atom stereocenters. The number of benzene rings is 1. The van der Waals surface area contributed by atoms with Crippen LogP contribution >= 0.6 is 0 Å². The molecule has 0 saturated carbocycles. The van der Waals surface area contributed by atoms with Crippen LogP contribution in [-0.2, 0) is 11.2 Å². The fraction of sp³-hybridized carbons (Fsp3) is 0.556. The first-order chi connectivity index (χ1) is 11.7. The highest BCUT2D eigenvalue weighted by molar-refractivity contribution is 5.37. The Morgan fingerprint density at radius 2 is 2.17 bits per heavy atom. The molecule has 0 amide bonds. The number of hydrogen-bond acceptors (Lipinski definition) is 5. The summed E-state index contributed by atoms with van der Waals surface area (Å²) in [5.74, 6) is 2.14. The van der Waals surface area contributed by atoms with Gasteiger partial charge in [-0.15, -0.1) is 5.10 Å². The maximum absolute atomic E-state index is 10.1. The van der Waals surface area contributed by atoms with E-state index in [1.165, 1.54) is 0 Å². The van der Waals surface area contributed by atoms with Gasteiger partial charge in [0.05, 0.1) is 18.9 Å². The molecule has 1 fully saturated rings. The molecular formula is C18H25N3O3. The topological polar surface area (TPSA) is 69.4 Å². The third-order valence-corrected chi connectivity index (χ3v) is 4.41. The van der Waals surface area contributed by atoms with E-state index >= 15 is 0 Å². The number of hydrogen-bond donors (Lipinski definition) is 1. The number of aliphatic hydroxyl groups is 1. The van der Waals surface area contributed by atoms with Crippen molar-refractivity contribution in [2.24, 2.45) is 0 Å². The van der Waals surface area contributed by atoms with Crippen LogP contribution in [-0.4, -0.2) is 39.7 Å². The minimum absolute atomic E-state index is 0.311. The Morgan fingerprint density at radius 1 is 1.38 bits per heavy atom. The van der Waals surface area contributed by atoms with Crippen molar-refractivity contribution in [2.75, 3.05) is 13.7 Å². The fourth-order valence-corrected chi connectivity index (χ4v) is 2.94. The monoisotopic (exact) mass is 331 g/mol.